The molecule has 0 radical (unpaired) electrons. The SMILES string of the molecule is CC1(C)CCC(Oc2cc([C@]3(O)O[C@H](CO)[C@@H](O)[C@H](O)[C@H]3O)ccc2Cl)CC1. The van der Waals surface area contributed by atoms with Crippen molar-refractivity contribution in [1.82, 2.24) is 0 Å². The second-order valence-corrected chi connectivity index (χ2v) is 9.00. The molecule has 7 nitrogen and oxygen atoms in total. The van der Waals surface area contributed by atoms with Gasteiger partial charge in [0, 0.05) is 5.56 Å². The molecule has 158 valence electrons. The van der Waals surface area contributed by atoms with Gasteiger partial charge in [-0.2, -0.15) is 0 Å². The summed E-state index contributed by atoms with van der Waals surface area (Å²) in [6, 6.07) is 4.42. The van der Waals surface area contributed by atoms with Gasteiger partial charge in [0.2, 0.25) is 5.79 Å². The second-order valence-electron chi connectivity index (χ2n) is 8.59. The number of hydrogen-bond donors (Lipinski definition) is 5. The van der Waals surface area contributed by atoms with Crippen LogP contribution in [0.15, 0.2) is 18.2 Å². The Kier molecular flexibility index (Phi) is 6.27. The molecular formula is C20H29ClO7. The molecule has 0 amide bonds. The molecule has 1 heterocycles. The third-order valence-corrected chi connectivity index (χ3v) is 6.20. The molecule has 2 fully saturated rings. The highest BCUT2D eigenvalue weighted by Crippen LogP contribution is 2.41. The predicted molar refractivity (Wildman–Crippen MR) is 102 cm³/mol. The zero-order chi connectivity index (χ0) is 20.7. The van der Waals surface area contributed by atoms with Gasteiger partial charge < -0.3 is 35.0 Å². The number of aliphatic hydroxyl groups is 5. The largest absolute Gasteiger partial charge is 0.489 e. The van der Waals surface area contributed by atoms with Gasteiger partial charge in [0.25, 0.3) is 0 Å². The lowest BCUT2D eigenvalue weighted by atomic mass is 9.76. The molecule has 1 aliphatic carbocycles. The van der Waals surface area contributed by atoms with Crippen LogP contribution in [0.3, 0.4) is 0 Å². The Bertz CT molecular complexity index is 685. The Morgan fingerprint density at radius 1 is 1.14 bits per heavy atom. The van der Waals surface area contributed by atoms with Crippen LogP contribution in [0.4, 0.5) is 0 Å². The number of rotatable bonds is 4. The Morgan fingerprint density at radius 3 is 2.39 bits per heavy atom. The zero-order valence-corrected chi connectivity index (χ0v) is 16.8. The molecule has 5 atom stereocenters. The van der Waals surface area contributed by atoms with Crippen LogP contribution >= 0.6 is 11.6 Å². The molecule has 2 aliphatic rings. The van der Waals surface area contributed by atoms with E-state index in [-0.39, 0.29) is 17.1 Å². The van der Waals surface area contributed by atoms with Gasteiger partial charge in [-0.05, 0) is 43.2 Å². The van der Waals surface area contributed by atoms with Gasteiger partial charge >= 0.3 is 0 Å². The van der Waals surface area contributed by atoms with E-state index in [0.717, 1.165) is 25.7 Å². The van der Waals surface area contributed by atoms with Crippen LogP contribution < -0.4 is 4.74 Å². The lowest BCUT2D eigenvalue weighted by Gasteiger charge is -2.45. The highest BCUT2D eigenvalue weighted by atomic mass is 35.5. The van der Waals surface area contributed by atoms with E-state index in [1.807, 2.05) is 0 Å². The summed E-state index contributed by atoms with van der Waals surface area (Å²) in [6.07, 6.45) is -2.50. The third-order valence-electron chi connectivity index (χ3n) is 5.89. The molecular weight excluding hydrogens is 388 g/mol. The van der Waals surface area contributed by atoms with Crippen LogP contribution in [0, 0.1) is 5.41 Å². The molecule has 0 unspecified atom stereocenters. The van der Waals surface area contributed by atoms with E-state index >= 15 is 0 Å². The predicted octanol–water partition coefficient (Wildman–Crippen LogP) is 1.31. The molecule has 1 saturated heterocycles. The maximum Gasteiger partial charge on any atom is 0.222 e. The first-order valence-electron chi connectivity index (χ1n) is 9.59. The van der Waals surface area contributed by atoms with Gasteiger partial charge in [-0.15, -0.1) is 0 Å². The van der Waals surface area contributed by atoms with Gasteiger partial charge in [-0.1, -0.05) is 31.5 Å². The fraction of sp³-hybridized carbons (Fsp3) is 0.700. The summed E-state index contributed by atoms with van der Waals surface area (Å²) < 4.78 is 11.4. The summed E-state index contributed by atoms with van der Waals surface area (Å²) in [5.41, 5.74) is 0.400. The summed E-state index contributed by atoms with van der Waals surface area (Å²) in [6.45, 7) is 3.82. The van der Waals surface area contributed by atoms with Crippen molar-refractivity contribution in [2.45, 2.75) is 75.8 Å². The maximum absolute atomic E-state index is 10.9. The van der Waals surface area contributed by atoms with Crippen molar-refractivity contribution >= 4 is 11.6 Å². The molecule has 1 aromatic rings. The second kappa shape index (κ2) is 8.07. The van der Waals surface area contributed by atoms with Gasteiger partial charge in [-0.25, -0.2) is 0 Å². The van der Waals surface area contributed by atoms with E-state index in [2.05, 4.69) is 13.8 Å². The van der Waals surface area contributed by atoms with E-state index in [9.17, 15) is 25.5 Å². The topological polar surface area (TPSA) is 120 Å². The number of aliphatic hydroxyl groups excluding tert-OH is 4. The molecule has 1 aliphatic heterocycles. The molecule has 0 spiro atoms. The van der Waals surface area contributed by atoms with Crippen molar-refractivity contribution in [2.24, 2.45) is 5.41 Å². The van der Waals surface area contributed by atoms with Gasteiger partial charge in [0.1, 0.15) is 30.2 Å². The van der Waals surface area contributed by atoms with Crippen molar-refractivity contribution in [2.75, 3.05) is 6.61 Å². The standard InChI is InChI=1S/C20H29ClO7/c1-19(2)7-5-12(6-8-19)27-14-9-11(3-4-13(14)21)20(26)18(25)17(24)16(23)15(10-22)28-20/h3-4,9,12,15-18,22-26H,5-8,10H2,1-2H3/t15-,16-,17+,18-,20+/m1/s1. The molecule has 28 heavy (non-hydrogen) atoms. The Morgan fingerprint density at radius 2 is 1.79 bits per heavy atom. The molecule has 8 heteroatoms. The fourth-order valence-electron chi connectivity index (χ4n) is 3.88. The van der Waals surface area contributed by atoms with Crippen LogP contribution in [0.5, 0.6) is 5.75 Å². The van der Waals surface area contributed by atoms with Crippen LogP contribution in [0.25, 0.3) is 0 Å². The van der Waals surface area contributed by atoms with E-state index in [1.54, 1.807) is 0 Å². The molecule has 5 N–H and O–H groups in total. The first-order chi connectivity index (χ1) is 13.1. The fourth-order valence-corrected chi connectivity index (χ4v) is 4.04. The lowest BCUT2D eigenvalue weighted by Crippen LogP contribution is -2.63. The quantitative estimate of drug-likeness (QED) is 0.502. The average Bonchev–Trinajstić information content (AvgIpc) is 2.66. The molecule has 0 aromatic heterocycles. The van der Waals surface area contributed by atoms with Crippen molar-refractivity contribution in [1.29, 1.82) is 0 Å². The van der Waals surface area contributed by atoms with E-state index in [4.69, 9.17) is 21.1 Å². The summed E-state index contributed by atoms with van der Waals surface area (Å²) >= 11 is 6.26. The maximum atomic E-state index is 10.9. The van der Waals surface area contributed by atoms with Crippen molar-refractivity contribution in [3.8, 4) is 5.75 Å². The van der Waals surface area contributed by atoms with Gasteiger partial charge in [-0.3, -0.25) is 0 Å². The molecule has 0 bridgehead atoms. The molecule has 1 saturated carbocycles. The van der Waals surface area contributed by atoms with Crippen LogP contribution in [0.1, 0.15) is 45.1 Å². The monoisotopic (exact) mass is 416 g/mol. The van der Waals surface area contributed by atoms with E-state index in [1.165, 1.54) is 18.2 Å². The molecule has 1 aromatic carbocycles. The molecule has 3 rings (SSSR count). The van der Waals surface area contributed by atoms with Crippen molar-refractivity contribution in [3.05, 3.63) is 28.8 Å². The number of hydrogen-bond acceptors (Lipinski definition) is 7. The van der Waals surface area contributed by atoms with Crippen molar-refractivity contribution in [3.63, 3.8) is 0 Å². The van der Waals surface area contributed by atoms with Gasteiger partial charge in [0.05, 0.1) is 17.7 Å². The van der Waals surface area contributed by atoms with Gasteiger partial charge in [0.15, 0.2) is 0 Å². The summed E-state index contributed by atoms with van der Waals surface area (Å²) in [7, 11) is 0. The normalized spacial score (nSPS) is 36.3. The lowest BCUT2D eigenvalue weighted by molar-refractivity contribution is -0.357. The zero-order valence-electron chi connectivity index (χ0n) is 16.1. The summed E-state index contributed by atoms with van der Waals surface area (Å²) in [5.74, 6) is -1.99. The third kappa shape index (κ3) is 4.16. The number of halogens is 1. The van der Waals surface area contributed by atoms with E-state index < -0.39 is 36.8 Å². The highest BCUT2D eigenvalue weighted by Gasteiger charge is 2.53. The van der Waals surface area contributed by atoms with Crippen LogP contribution in [-0.4, -0.2) is 62.7 Å². The number of benzene rings is 1. The van der Waals surface area contributed by atoms with E-state index in [0.29, 0.717) is 10.8 Å². The Labute approximate surface area is 169 Å². The number of ether oxygens (including phenoxy) is 2. The Hall–Kier alpha value is -0.930. The average molecular weight is 417 g/mol. The smallest absolute Gasteiger partial charge is 0.222 e. The minimum absolute atomic E-state index is 0.00906. The first-order valence-corrected chi connectivity index (χ1v) is 9.97. The van der Waals surface area contributed by atoms with Crippen LogP contribution in [-0.2, 0) is 10.5 Å². The van der Waals surface area contributed by atoms with Crippen LogP contribution in [0.2, 0.25) is 5.02 Å². The Balaban J connectivity index is 1.84. The van der Waals surface area contributed by atoms with Crippen molar-refractivity contribution < 1.29 is 35.0 Å². The minimum atomic E-state index is -2.33. The first kappa shape index (κ1) is 21.8. The summed E-state index contributed by atoms with van der Waals surface area (Å²) in [4.78, 5) is 0. The highest BCUT2D eigenvalue weighted by molar-refractivity contribution is 6.32. The minimum Gasteiger partial charge on any atom is -0.489 e. The summed E-state index contributed by atoms with van der Waals surface area (Å²) in [5, 5.41) is 50.9.